The van der Waals surface area contributed by atoms with Crippen LogP contribution in [0, 0.1) is 0 Å². The molecule has 1 aromatic carbocycles. The van der Waals surface area contributed by atoms with E-state index in [1.807, 2.05) is 18.2 Å². The number of carbonyl (C=O) groups is 5. The van der Waals surface area contributed by atoms with Crippen molar-refractivity contribution in [2.24, 2.45) is 0 Å². The molecule has 10 saturated heterocycles. The number of fused-ring (bicyclic) bond motifs is 10. The molecule has 0 saturated carbocycles. The van der Waals surface area contributed by atoms with Gasteiger partial charge in [-0.1, -0.05) is 30.3 Å². The molecule has 0 unspecified atom stereocenters. The maximum Gasteiger partial charge on any atom is 0.337 e. The SMILES string of the molecule is COC(=O)[C@@H]1O[C@H]2CN(C(=O)[C@@H]3O[C@H]4CN(C(=O)[C@@H]5O[C@H]6CN(C(=O)[C@@H]7O[C@H]8CN(C(=O)[C@@H]9O[C@H]%10CN(Cc%11ccccc%11)C[C@@H]9O%10)C[C@@H]7O8)C[C@@H]5O6)C[C@@H]3O4)C[C@@H]1O2. The fourth-order valence-corrected chi connectivity index (χ4v) is 9.90. The number of hydrogen-bond acceptors (Lipinski definition) is 17. The van der Waals surface area contributed by atoms with Gasteiger partial charge in [0.2, 0.25) is 0 Å². The molecule has 10 fully saturated rings. The minimum absolute atomic E-state index is 0.0673. The van der Waals surface area contributed by atoms with E-state index >= 15 is 0 Å². The normalized spacial score (nSPS) is 42.0. The second kappa shape index (κ2) is 14.9. The molecule has 21 heteroatoms. The number of nitrogens with zero attached hydrogens (tertiary/aromatic N) is 5. The Morgan fingerprint density at radius 3 is 1.19 bits per heavy atom. The van der Waals surface area contributed by atoms with Gasteiger partial charge in [0.25, 0.3) is 23.6 Å². The fourth-order valence-electron chi connectivity index (χ4n) is 9.90. The topological polar surface area (TPSA) is 203 Å². The first-order chi connectivity index (χ1) is 28.6. The minimum atomic E-state index is -1.00. The molecule has 318 valence electrons. The van der Waals surface area contributed by atoms with Crippen molar-refractivity contribution < 1.29 is 76.1 Å². The number of hydrogen-bond donors (Lipinski definition) is 0. The van der Waals surface area contributed by atoms with Crippen molar-refractivity contribution >= 4 is 29.6 Å². The monoisotopic (exact) mass is 827 g/mol. The third-order valence-corrected chi connectivity index (χ3v) is 12.6. The summed E-state index contributed by atoms with van der Waals surface area (Å²) in [5.74, 6) is -1.85. The van der Waals surface area contributed by atoms with E-state index in [0.717, 1.165) is 6.54 Å². The number of carbonyl (C=O) groups excluding carboxylic acids is 5. The number of rotatable bonds is 7. The zero-order valence-corrected chi connectivity index (χ0v) is 32.1. The van der Waals surface area contributed by atoms with Gasteiger partial charge in [0, 0.05) is 13.1 Å². The summed E-state index contributed by atoms with van der Waals surface area (Å²) in [6.45, 7) is 2.62. The molecule has 10 aliphatic rings. The lowest BCUT2D eigenvalue weighted by Gasteiger charge is -2.35. The van der Waals surface area contributed by atoms with E-state index in [2.05, 4.69) is 17.0 Å². The van der Waals surface area contributed by atoms with Crippen molar-refractivity contribution in [1.82, 2.24) is 24.5 Å². The molecule has 0 radical (unpaired) electrons. The molecule has 1 aromatic rings. The zero-order chi connectivity index (χ0) is 40.1. The third-order valence-electron chi connectivity index (χ3n) is 12.6. The van der Waals surface area contributed by atoms with Gasteiger partial charge in [-0.25, -0.2) is 4.79 Å². The van der Waals surface area contributed by atoms with Gasteiger partial charge in [0.15, 0.2) is 62.0 Å². The molecule has 59 heavy (non-hydrogen) atoms. The molecule has 15 atom stereocenters. The van der Waals surface area contributed by atoms with Gasteiger partial charge in [0.05, 0.1) is 66.0 Å². The van der Waals surface area contributed by atoms with Crippen LogP contribution >= 0.6 is 0 Å². The molecule has 10 heterocycles. The molecular weight excluding hydrogens is 782 g/mol. The van der Waals surface area contributed by atoms with Crippen LogP contribution in [0.3, 0.4) is 0 Å². The molecule has 21 nitrogen and oxygen atoms in total. The molecule has 10 bridgehead atoms. The maximum absolute atomic E-state index is 14.0. The van der Waals surface area contributed by atoms with Crippen LogP contribution in [0.5, 0.6) is 0 Å². The highest BCUT2D eigenvalue weighted by molar-refractivity contribution is 5.86. The van der Waals surface area contributed by atoms with E-state index in [1.165, 1.54) is 17.6 Å². The van der Waals surface area contributed by atoms with Crippen molar-refractivity contribution in [3.63, 3.8) is 0 Å². The van der Waals surface area contributed by atoms with E-state index in [0.29, 0.717) is 13.1 Å². The third kappa shape index (κ3) is 6.89. The molecular formula is C38H45N5O16. The van der Waals surface area contributed by atoms with Crippen LogP contribution < -0.4 is 0 Å². The first kappa shape index (κ1) is 38.1. The Hall–Kier alpha value is -3.87. The van der Waals surface area contributed by atoms with Crippen molar-refractivity contribution in [2.45, 2.75) is 99.0 Å². The Kier molecular flexibility index (Phi) is 9.64. The lowest BCUT2D eigenvalue weighted by atomic mass is 10.1. The van der Waals surface area contributed by atoms with E-state index in [4.69, 9.17) is 52.1 Å². The fraction of sp³-hybridized carbons (Fsp3) is 0.711. The number of methoxy groups -OCH3 is 1. The van der Waals surface area contributed by atoms with Gasteiger partial charge in [-0.15, -0.1) is 0 Å². The number of morpholine rings is 5. The predicted molar refractivity (Wildman–Crippen MR) is 188 cm³/mol. The number of amides is 4. The first-order valence-corrected chi connectivity index (χ1v) is 20.2. The lowest BCUT2D eigenvalue weighted by molar-refractivity contribution is -0.164. The van der Waals surface area contributed by atoms with Crippen LogP contribution in [0.4, 0.5) is 0 Å². The smallest absolute Gasteiger partial charge is 0.337 e. The summed E-state index contributed by atoms with van der Waals surface area (Å²) >= 11 is 0. The van der Waals surface area contributed by atoms with Crippen molar-refractivity contribution in [3.8, 4) is 0 Å². The van der Waals surface area contributed by atoms with Gasteiger partial charge in [-0.05, 0) is 5.56 Å². The van der Waals surface area contributed by atoms with Crippen molar-refractivity contribution in [1.29, 1.82) is 0 Å². The van der Waals surface area contributed by atoms with Crippen LogP contribution in [0.2, 0.25) is 0 Å². The molecule has 0 spiro atoms. The quantitative estimate of drug-likeness (QED) is 0.246. The lowest BCUT2D eigenvalue weighted by Crippen LogP contribution is -2.57. The highest BCUT2D eigenvalue weighted by atomic mass is 16.8. The highest BCUT2D eigenvalue weighted by Crippen LogP contribution is 2.36. The van der Waals surface area contributed by atoms with E-state index in [-0.39, 0.29) is 76.0 Å². The number of benzene rings is 1. The standard InChI is InChI=1S/C38H45N5O16/c1-49-38(48)33-23-12-43(17-28(54-23)59-33)37(47)32-22-11-42(16-27(53-22)58-32)36(46)31-21-10-41(15-26(52-21)57-31)35(45)30-20-9-40(14-25(51-20)56-30)34(44)29-19-8-39(13-24(50-19)55-29)7-18-5-3-2-4-6-18/h2-6,19-33H,7-17H2,1H3/t19-,20-,21-,22-,23-,24-,25-,26-,27-,28-,29+,30+,31+,32+,33+/m0/s1. The Morgan fingerprint density at radius 1 is 0.458 bits per heavy atom. The molecule has 4 amide bonds. The summed E-state index contributed by atoms with van der Waals surface area (Å²) in [6, 6.07) is 10.1. The number of esters is 1. The van der Waals surface area contributed by atoms with Crippen molar-refractivity contribution in [3.05, 3.63) is 35.9 Å². The Labute approximate surface area is 337 Å². The Balaban J connectivity index is 0.680. The average Bonchev–Trinajstić information content (AvgIpc) is 4.01. The highest BCUT2D eigenvalue weighted by Gasteiger charge is 2.57. The van der Waals surface area contributed by atoms with Crippen LogP contribution in [0.1, 0.15) is 5.56 Å². The second-order valence-electron chi connectivity index (χ2n) is 16.5. The average molecular weight is 828 g/mol. The summed E-state index contributed by atoms with van der Waals surface area (Å²) in [5, 5.41) is 0. The summed E-state index contributed by atoms with van der Waals surface area (Å²) < 4.78 is 64.3. The van der Waals surface area contributed by atoms with E-state index < -0.39 is 98.5 Å². The summed E-state index contributed by atoms with van der Waals surface area (Å²) in [4.78, 5) is 76.1. The van der Waals surface area contributed by atoms with Crippen LogP contribution in [-0.2, 0) is 82.6 Å². The zero-order valence-electron chi connectivity index (χ0n) is 32.1. The maximum atomic E-state index is 14.0. The predicted octanol–water partition coefficient (Wildman–Crippen LogP) is -3.41. The van der Waals surface area contributed by atoms with Crippen LogP contribution in [0.25, 0.3) is 0 Å². The van der Waals surface area contributed by atoms with Gasteiger partial charge in [-0.2, -0.15) is 0 Å². The van der Waals surface area contributed by atoms with E-state index in [1.54, 1.807) is 14.7 Å². The molecule has 0 N–H and O–H groups in total. The Bertz CT molecular complexity index is 1860. The van der Waals surface area contributed by atoms with Crippen LogP contribution in [0.15, 0.2) is 30.3 Å². The molecule has 11 rings (SSSR count). The first-order valence-electron chi connectivity index (χ1n) is 20.2. The molecule has 0 aromatic heterocycles. The van der Waals surface area contributed by atoms with Crippen LogP contribution in [-0.4, -0.2) is 219 Å². The second-order valence-corrected chi connectivity index (χ2v) is 16.5. The minimum Gasteiger partial charge on any atom is -0.467 e. The molecule has 0 aliphatic carbocycles. The summed E-state index contributed by atoms with van der Waals surface area (Å²) in [5.41, 5.74) is 1.17. The van der Waals surface area contributed by atoms with Gasteiger partial charge in [0.1, 0.15) is 30.5 Å². The molecule has 10 aliphatic heterocycles. The Morgan fingerprint density at radius 2 is 0.797 bits per heavy atom. The van der Waals surface area contributed by atoms with Gasteiger partial charge in [-0.3, -0.25) is 24.1 Å². The number of ether oxygens (including phenoxy) is 11. The van der Waals surface area contributed by atoms with Gasteiger partial charge >= 0.3 is 5.97 Å². The van der Waals surface area contributed by atoms with Gasteiger partial charge < -0.3 is 71.7 Å². The summed E-state index contributed by atoms with van der Waals surface area (Å²) in [6.07, 6.45) is -11.7. The van der Waals surface area contributed by atoms with Crippen molar-refractivity contribution in [2.75, 3.05) is 72.6 Å². The van der Waals surface area contributed by atoms with E-state index in [9.17, 15) is 24.0 Å². The summed E-state index contributed by atoms with van der Waals surface area (Å²) in [7, 11) is 1.26. The largest absolute Gasteiger partial charge is 0.467 e.